The Balaban J connectivity index is 1.60. The van der Waals surface area contributed by atoms with Crippen molar-refractivity contribution in [2.45, 2.75) is 0 Å². The van der Waals surface area contributed by atoms with Crippen molar-refractivity contribution in [3.63, 3.8) is 0 Å². The lowest BCUT2D eigenvalue weighted by Crippen LogP contribution is -1.91. The molecular weight excluding hydrogens is 496 g/mol. The first-order valence-electron chi connectivity index (χ1n) is 20.4. The van der Waals surface area contributed by atoms with Crippen LogP contribution in [0.2, 0.25) is 0 Å². The molecule has 0 radical (unpaired) electrons. The molecule has 0 fully saturated rings. The van der Waals surface area contributed by atoms with Gasteiger partial charge in [0.15, 0.2) is 0 Å². The Kier molecular flexibility index (Phi) is 2.59. The summed E-state index contributed by atoms with van der Waals surface area (Å²) in [4.78, 5) is 0. The highest BCUT2D eigenvalue weighted by molar-refractivity contribution is 6.26. The van der Waals surface area contributed by atoms with Crippen LogP contribution in [0.3, 0.4) is 0 Å². The van der Waals surface area contributed by atoms with E-state index in [9.17, 15) is 8.22 Å². The smallest absolute Gasteiger partial charge is 0.143 e. The number of fused-ring (bicyclic) bond motifs is 8. The highest BCUT2D eigenvalue weighted by atomic mass is 16.3. The third-order valence-corrected chi connectivity index (χ3v) is 7.53. The van der Waals surface area contributed by atoms with E-state index in [4.69, 9.17) is 16.8 Å². The quantitative estimate of drug-likeness (QED) is 0.201. The average molecular weight is 536 g/mol. The molecule has 0 amide bonds. The molecule has 1 heteroatoms. The van der Waals surface area contributed by atoms with Gasteiger partial charge in [-0.25, -0.2) is 0 Å². The van der Waals surface area contributed by atoms with E-state index in [2.05, 4.69) is 0 Å². The predicted molar refractivity (Wildman–Crippen MR) is 175 cm³/mol. The summed E-state index contributed by atoms with van der Waals surface area (Å²) in [6, 6.07) is 6.45. The number of benzene rings is 8. The van der Waals surface area contributed by atoms with Gasteiger partial charge in [-0.1, -0.05) is 133 Å². The fraction of sp³-hybridized carbons (Fsp3) is 0. The summed E-state index contributed by atoms with van der Waals surface area (Å²) < 4.78 is 140. The second-order valence-electron chi connectivity index (χ2n) is 9.69. The van der Waals surface area contributed by atoms with Crippen LogP contribution >= 0.6 is 0 Å². The SMILES string of the molecule is [2H]c1c([2H])c([2H])c2c([2H])c(-c3c4c([2H])c([2H])c([2H])c([2H])c4c(-c4cccc5c4oc4ccc6ccccc6c45)c4c([2H])c([2H])c([2H])c([2H])c34)c([2H])c([2H])c2c1[2H]. The fourth-order valence-corrected chi connectivity index (χ4v) is 5.82. The normalized spacial score (nSPS) is 17.0. The molecule has 190 valence electrons. The molecule has 0 spiro atoms. The second-order valence-corrected chi connectivity index (χ2v) is 9.69. The van der Waals surface area contributed by atoms with Gasteiger partial charge in [0.1, 0.15) is 11.2 Å². The van der Waals surface area contributed by atoms with E-state index >= 15 is 0 Å². The molecule has 0 unspecified atom stereocenters. The lowest BCUT2D eigenvalue weighted by molar-refractivity contribution is 0.670. The Labute approximate surface area is 258 Å². The van der Waals surface area contributed by atoms with Crippen molar-refractivity contribution < 1.29 is 25.0 Å². The van der Waals surface area contributed by atoms with Crippen LogP contribution in [0.5, 0.6) is 0 Å². The molecule has 1 nitrogen and oxygen atoms in total. The Bertz CT molecular complexity index is 3230. The van der Waals surface area contributed by atoms with Gasteiger partial charge < -0.3 is 4.42 Å². The van der Waals surface area contributed by atoms with Gasteiger partial charge in [0, 0.05) is 21.9 Å². The second kappa shape index (κ2) is 8.55. The Morgan fingerprint density at radius 2 is 1.12 bits per heavy atom. The van der Waals surface area contributed by atoms with Crippen LogP contribution < -0.4 is 0 Å². The molecule has 0 saturated carbocycles. The molecule has 0 saturated heterocycles. The minimum atomic E-state index is -0.742. The first-order chi connectivity index (χ1) is 26.6. The summed E-state index contributed by atoms with van der Waals surface area (Å²) in [5.74, 6) is 0. The predicted octanol–water partition coefficient (Wildman–Crippen LogP) is 11.5. The number of para-hydroxylation sites is 1. The van der Waals surface area contributed by atoms with Gasteiger partial charge in [-0.15, -0.1) is 0 Å². The molecule has 0 aliphatic carbocycles. The number of hydrogen-bond donors (Lipinski definition) is 0. The lowest BCUT2D eigenvalue weighted by atomic mass is 9.85. The maximum absolute atomic E-state index is 9.41. The summed E-state index contributed by atoms with van der Waals surface area (Å²) in [5.41, 5.74) is 0.118. The third kappa shape index (κ3) is 3.24. The van der Waals surface area contributed by atoms with Gasteiger partial charge in [0.2, 0.25) is 0 Å². The van der Waals surface area contributed by atoms with Crippen molar-refractivity contribution in [1.82, 2.24) is 0 Å². The molecule has 1 aromatic heterocycles. The van der Waals surface area contributed by atoms with E-state index in [0.29, 0.717) is 11.0 Å². The van der Waals surface area contributed by atoms with Crippen LogP contribution in [0.15, 0.2) is 150 Å². The molecule has 0 bridgehead atoms. The van der Waals surface area contributed by atoms with Gasteiger partial charge in [-0.3, -0.25) is 0 Å². The minimum absolute atomic E-state index is 0.0152. The van der Waals surface area contributed by atoms with E-state index in [1.54, 1.807) is 18.2 Å². The molecular formula is C40H24O. The highest BCUT2D eigenvalue weighted by Gasteiger charge is 2.20. The molecule has 0 N–H and O–H groups in total. The largest absolute Gasteiger partial charge is 0.455 e. The molecule has 8 aromatic carbocycles. The molecule has 1 heterocycles. The van der Waals surface area contributed by atoms with E-state index in [-0.39, 0.29) is 43.8 Å². The van der Waals surface area contributed by atoms with Crippen LogP contribution in [-0.2, 0) is 0 Å². The minimum Gasteiger partial charge on any atom is -0.455 e. The third-order valence-electron chi connectivity index (χ3n) is 7.53. The zero-order valence-electron chi connectivity index (χ0n) is 36.1. The molecule has 0 aliphatic rings. The van der Waals surface area contributed by atoms with Crippen LogP contribution in [0, 0.1) is 0 Å². The van der Waals surface area contributed by atoms with Crippen molar-refractivity contribution in [1.29, 1.82) is 0 Å². The molecule has 41 heavy (non-hydrogen) atoms. The summed E-state index contributed by atoms with van der Waals surface area (Å²) in [6.45, 7) is 0. The number of rotatable bonds is 2. The van der Waals surface area contributed by atoms with E-state index < -0.39 is 107 Å². The summed E-state index contributed by atoms with van der Waals surface area (Å²) in [5, 5.41) is 1.31. The fourth-order valence-electron chi connectivity index (χ4n) is 5.82. The van der Waals surface area contributed by atoms with Crippen molar-refractivity contribution >= 4 is 65.0 Å². The lowest BCUT2D eigenvalue weighted by Gasteiger charge is -2.18. The Morgan fingerprint density at radius 1 is 0.463 bits per heavy atom. The summed E-state index contributed by atoms with van der Waals surface area (Å²) in [7, 11) is 0. The van der Waals surface area contributed by atoms with Gasteiger partial charge in [0.05, 0.1) is 20.6 Å². The topological polar surface area (TPSA) is 13.1 Å². The summed E-state index contributed by atoms with van der Waals surface area (Å²) in [6.07, 6.45) is 0. The van der Waals surface area contributed by atoms with Crippen LogP contribution in [-0.4, -0.2) is 0 Å². The Hall–Kier alpha value is -5.40. The highest BCUT2D eigenvalue weighted by Crippen LogP contribution is 2.47. The molecule has 9 aromatic rings. The van der Waals surface area contributed by atoms with E-state index in [1.807, 2.05) is 36.4 Å². The van der Waals surface area contributed by atoms with Crippen molar-refractivity contribution in [2.24, 2.45) is 0 Å². The molecule has 0 atom stereocenters. The van der Waals surface area contributed by atoms with Gasteiger partial charge in [0.25, 0.3) is 0 Å². The first kappa shape index (κ1) is 12.4. The van der Waals surface area contributed by atoms with Gasteiger partial charge in [-0.2, -0.15) is 0 Å². The van der Waals surface area contributed by atoms with Crippen LogP contribution in [0.4, 0.5) is 0 Å². The standard InChI is InChI=1S/C40H24O/c1-2-12-27-24-28(21-20-25(27)10-1)37-30-14-5-7-16-32(30)38(33-17-8-6-15-31(33)37)34-18-9-19-35-39-29-13-4-3-11-26(29)22-23-36(39)41-40(34)35/h1-24H/i1D,2D,5D,6D,7D,8D,10D,12D,14D,15D,16D,17D,20D,21D,24D. The van der Waals surface area contributed by atoms with E-state index in [0.717, 1.165) is 16.2 Å². The van der Waals surface area contributed by atoms with Crippen molar-refractivity contribution in [3.05, 3.63) is 145 Å². The van der Waals surface area contributed by atoms with Crippen molar-refractivity contribution in [3.8, 4) is 22.3 Å². The maximum Gasteiger partial charge on any atom is 0.143 e. The zero-order valence-corrected chi connectivity index (χ0v) is 21.1. The zero-order chi connectivity index (χ0) is 40.0. The van der Waals surface area contributed by atoms with E-state index in [1.165, 1.54) is 0 Å². The number of hydrogen-bond acceptors (Lipinski definition) is 1. The van der Waals surface area contributed by atoms with Gasteiger partial charge >= 0.3 is 0 Å². The number of furan rings is 1. The van der Waals surface area contributed by atoms with Crippen molar-refractivity contribution in [2.75, 3.05) is 0 Å². The van der Waals surface area contributed by atoms with Crippen LogP contribution in [0.1, 0.15) is 20.6 Å². The van der Waals surface area contributed by atoms with Gasteiger partial charge in [-0.05, 0) is 66.3 Å². The summed E-state index contributed by atoms with van der Waals surface area (Å²) >= 11 is 0. The molecule has 9 rings (SSSR count). The first-order valence-corrected chi connectivity index (χ1v) is 12.9. The monoisotopic (exact) mass is 535 g/mol. The Morgan fingerprint density at radius 3 is 1.90 bits per heavy atom. The van der Waals surface area contributed by atoms with Crippen LogP contribution in [0.25, 0.3) is 87.3 Å². The average Bonchev–Trinajstić information content (AvgIpc) is 3.59. The maximum atomic E-state index is 9.41. The molecule has 0 aliphatic heterocycles.